The van der Waals surface area contributed by atoms with E-state index in [4.69, 9.17) is 4.52 Å². The van der Waals surface area contributed by atoms with E-state index < -0.39 is 12.3 Å². The van der Waals surface area contributed by atoms with Crippen LogP contribution in [0.3, 0.4) is 0 Å². The van der Waals surface area contributed by atoms with E-state index in [0.29, 0.717) is 0 Å². The highest BCUT2D eigenvalue weighted by Gasteiger charge is 2.32. The van der Waals surface area contributed by atoms with Gasteiger partial charge in [0.25, 0.3) is 0 Å². The number of hydrogen-bond donors (Lipinski definition) is 1. The van der Waals surface area contributed by atoms with Gasteiger partial charge in [-0.25, -0.2) is 4.79 Å². The monoisotopic (exact) mass is 323 g/mol. The van der Waals surface area contributed by atoms with Crippen LogP contribution in [0.4, 0.5) is 13.2 Å². The predicted octanol–water partition coefficient (Wildman–Crippen LogP) is 3.38. The summed E-state index contributed by atoms with van der Waals surface area (Å²) in [6.45, 7) is 0. The van der Waals surface area contributed by atoms with E-state index in [2.05, 4.69) is 10.3 Å². The lowest BCUT2D eigenvalue weighted by Crippen LogP contribution is -2.17. The third-order valence-electron chi connectivity index (χ3n) is 3.10. The molecule has 0 saturated carbocycles. The van der Waals surface area contributed by atoms with Crippen LogP contribution in [-0.4, -0.2) is 26.0 Å². The maximum Gasteiger partial charge on any atom is 0.504 e. The summed E-state index contributed by atoms with van der Waals surface area (Å²) in [6, 6.07) is 6.84. The van der Waals surface area contributed by atoms with E-state index in [0.717, 1.165) is 12.3 Å². The first-order valence-electron chi connectivity index (χ1n) is 6.28. The fourth-order valence-electron chi connectivity index (χ4n) is 2.17. The molecule has 0 fully saturated rings. The number of carbonyl (C=O) groups is 1. The van der Waals surface area contributed by atoms with Crippen LogP contribution in [0.2, 0.25) is 0 Å². The van der Waals surface area contributed by atoms with Gasteiger partial charge in [-0.2, -0.15) is 9.78 Å². The lowest BCUT2D eigenvalue weighted by Gasteiger charge is -2.09. The summed E-state index contributed by atoms with van der Waals surface area (Å²) >= 11 is 0. The van der Waals surface area contributed by atoms with Crippen molar-refractivity contribution in [2.75, 3.05) is 0 Å². The van der Waals surface area contributed by atoms with Crippen molar-refractivity contribution in [1.82, 2.24) is 14.9 Å². The SMILES string of the molecule is O=C(O)c1cccc(-c2ccno2)c1-c1ccn(C(F)(F)F)n1. The Morgan fingerprint density at radius 1 is 1.22 bits per heavy atom. The number of carboxylic acids is 1. The molecular formula is C14H8F3N3O3. The Balaban J connectivity index is 2.24. The third kappa shape index (κ3) is 2.68. The Hall–Kier alpha value is -3.10. The quantitative estimate of drug-likeness (QED) is 0.799. The summed E-state index contributed by atoms with van der Waals surface area (Å²) in [7, 11) is 0. The van der Waals surface area contributed by atoms with Gasteiger partial charge >= 0.3 is 12.3 Å². The summed E-state index contributed by atoms with van der Waals surface area (Å²) in [4.78, 5) is 11.4. The summed E-state index contributed by atoms with van der Waals surface area (Å²) in [5, 5.41) is 16.3. The predicted molar refractivity (Wildman–Crippen MR) is 71.4 cm³/mol. The minimum Gasteiger partial charge on any atom is -0.478 e. The van der Waals surface area contributed by atoms with Crippen LogP contribution in [0.5, 0.6) is 0 Å². The first-order valence-corrected chi connectivity index (χ1v) is 6.28. The van der Waals surface area contributed by atoms with Gasteiger partial charge in [0.2, 0.25) is 0 Å². The topological polar surface area (TPSA) is 81.1 Å². The van der Waals surface area contributed by atoms with Crippen molar-refractivity contribution in [3.63, 3.8) is 0 Å². The van der Waals surface area contributed by atoms with Gasteiger partial charge in [-0.05, 0) is 12.1 Å². The molecular weight excluding hydrogens is 315 g/mol. The van der Waals surface area contributed by atoms with Crippen molar-refractivity contribution in [3.8, 4) is 22.6 Å². The standard InChI is InChI=1S/C14H8F3N3O3/c15-14(16,17)20-7-5-10(19-20)12-8(11-4-6-18-23-11)2-1-3-9(12)13(21)22/h1-7H,(H,21,22). The van der Waals surface area contributed by atoms with Crippen molar-refractivity contribution in [3.05, 3.63) is 48.3 Å². The van der Waals surface area contributed by atoms with Gasteiger partial charge in [0.15, 0.2) is 5.76 Å². The molecule has 9 heteroatoms. The molecule has 23 heavy (non-hydrogen) atoms. The molecule has 0 amide bonds. The molecule has 2 aromatic heterocycles. The molecule has 0 spiro atoms. The Bertz CT molecular complexity index is 854. The molecule has 2 heterocycles. The minimum absolute atomic E-state index is 0.0275. The smallest absolute Gasteiger partial charge is 0.478 e. The number of nitrogens with zero attached hydrogens (tertiary/aromatic N) is 3. The first-order chi connectivity index (χ1) is 10.9. The van der Waals surface area contributed by atoms with Gasteiger partial charge in [0.1, 0.15) is 0 Å². The maximum absolute atomic E-state index is 12.7. The van der Waals surface area contributed by atoms with Gasteiger partial charge in [-0.3, -0.25) is 0 Å². The molecule has 0 bridgehead atoms. The zero-order valence-corrected chi connectivity index (χ0v) is 11.3. The van der Waals surface area contributed by atoms with Gasteiger partial charge in [0.05, 0.1) is 17.5 Å². The molecule has 0 aliphatic carbocycles. The molecule has 0 saturated heterocycles. The molecule has 118 valence electrons. The van der Waals surface area contributed by atoms with E-state index >= 15 is 0 Å². The molecule has 0 aliphatic rings. The highest BCUT2D eigenvalue weighted by molar-refractivity contribution is 6.00. The van der Waals surface area contributed by atoms with Crippen molar-refractivity contribution < 1.29 is 27.6 Å². The second kappa shape index (κ2) is 5.27. The molecule has 1 N–H and O–H groups in total. The van der Waals surface area contributed by atoms with E-state index in [1.807, 2.05) is 0 Å². The highest BCUT2D eigenvalue weighted by atomic mass is 19.4. The molecule has 0 radical (unpaired) electrons. The number of halogens is 3. The lowest BCUT2D eigenvalue weighted by molar-refractivity contribution is -0.212. The van der Waals surface area contributed by atoms with Crippen LogP contribution in [0.25, 0.3) is 22.6 Å². The maximum atomic E-state index is 12.7. The Kier molecular flexibility index (Phi) is 3.40. The van der Waals surface area contributed by atoms with Crippen LogP contribution in [-0.2, 0) is 6.30 Å². The molecule has 0 aliphatic heterocycles. The van der Waals surface area contributed by atoms with Crippen molar-refractivity contribution in [2.45, 2.75) is 6.30 Å². The molecule has 3 aromatic rings. The second-order valence-electron chi connectivity index (χ2n) is 4.52. The number of carboxylic acid groups (broad SMARTS) is 1. The van der Waals surface area contributed by atoms with Crippen molar-refractivity contribution >= 4 is 5.97 Å². The molecule has 6 nitrogen and oxygen atoms in total. The summed E-state index contributed by atoms with van der Waals surface area (Å²) < 4.78 is 42.9. The lowest BCUT2D eigenvalue weighted by atomic mass is 9.97. The number of aromatic carboxylic acids is 1. The van der Waals surface area contributed by atoms with E-state index in [-0.39, 0.29) is 32.8 Å². The van der Waals surface area contributed by atoms with E-state index in [1.54, 1.807) is 0 Å². The van der Waals surface area contributed by atoms with E-state index in [1.165, 1.54) is 30.5 Å². The summed E-state index contributed by atoms with van der Waals surface area (Å²) in [5.41, 5.74) is -0.00683. The van der Waals surface area contributed by atoms with Crippen LogP contribution >= 0.6 is 0 Å². The van der Waals surface area contributed by atoms with Gasteiger partial charge in [-0.15, -0.1) is 13.2 Å². The van der Waals surface area contributed by atoms with Crippen molar-refractivity contribution in [1.29, 1.82) is 0 Å². The van der Waals surface area contributed by atoms with Crippen LogP contribution in [0.1, 0.15) is 10.4 Å². The van der Waals surface area contributed by atoms with Crippen LogP contribution in [0, 0.1) is 0 Å². The number of benzene rings is 1. The number of hydrogen-bond acceptors (Lipinski definition) is 4. The zero-order valence-electron chi connectivity index (χ0n) is 11.3. The fraction of sp³-hybridized carbons (Fsp3) is 0.0714. The normalized spacial score (nSPS) is 11.6. The number of alkyl halides is 3. The molecule has 0 atom stereocenters. The summed E-state index contributed by atoms with van der Waals surface area (Å²) in [6.07, 6.45) is -2.62. The highest BCUT2D eigenvalue weighted by Crippen LogP contribution is 2.35. The Labute approximate surface area is 126 Å². The van der Waals surface area contributed by atoms with Gasteiger partial charge in [0, 0.05) is 23.4 Å². The minimum atomic E-state index is -4.69. The van der Waals surface area contributed by atoms with Crippen molar-refractivity contribution in [2.24, 2.45) is 0 Å². The van der Waals surface area contributed by atoms with Crippen LogP contribution in [0.15, 0.2) is 47.2 Å². The largest absolute Gasteiger partial charge is 0.504 e. The van der Waals surface area contributed by atoms with Gasteiger partial charge < -0.3 is 9.63 Å². The molecule has 1 aromatic carbocycles. The second-order valence-corrected chi connectivity index (χ2v) is 4.52. The third-order valence-corrected chi connectivity index (χ3v) is 3.10. The molecule has 0 unspecified atom stereocenters. The number of rotatable bonds is 3. The fourth-order valence-corrected chi connectivity index (χ4v) is 2.17. The van der Waals surface area contributed by atoms with Crippen LogP contribution < -0.4 is 0 Å². The summed E-state index contributed by atoms with van der Waals surface area (Å²) in [5.74, 6) is -1.06. The average molecular weight is 323 g/mol. The average Bonchev–Trinajstić information content (AvgIpc) is 3.17. The number of aromatic nitrogens is 3. The molecule has 3 rings (SSSR count). The van der Waals surface area contributed by atoms with Gasteiger partial charge in [-0.1, -0.05) is 17.3 Å². The Morgan fingerprint density at radius 3 is 2.57 bits per heavy atom. The first kappa shape index (κ1) is 14.8. The zero-order chi connectivity index (χ0) is 16.6. The Morgan fingerprint density at radius 2 is 2.00 bits per heavy atom. The van der Waals surface area contributed by atoms with E-state index in [9.17, 15) is 23.1 Å².